The molecule has 20 heavy (non-hydrogen) atoms. The molecule has 2 aliphatic carbocycles. The van der Waals surface area contributed by atoms with Gasteiger partial charge >= 0.3 is 6.03 Å². The van der Waals surface area contributed by atoms with Crippen LogP contribution in [0.2, 0.25) is 0 Å². The summed E-state index contributed by atoms with van der Waals surface area (Å²) in [5, 5.41) is 17.3. The molecule has 6 nitrogen and oxygen atoms in total. The molecule has 0 spiro atoms. The van der Waals surface area contributed by atoms with Gasteiger partial charge in [0.1, 0.15) is 5.82 Å². The number of amides is 2. The molecule has 1 aliphatic heterocycles. The average molecular weight is 276 g/mol. The van der Waals surface area contributed by atoms with E-state index in [-0.39, 0.29) is 11.9 Å². The molecule has 2 atom stereocenters. The van der Waals surface area contributed by atoms with Crippen LogP contribution in [0.3, 0.4) is 0 Å². The summed E-state index contributed by atoms with van der Waals surface area (Å²) in [5.74, 6) is 1.06. The van der Waals surface area contributed by atoms with Crippen molar-refractivity contribution in [3.8, 4) is 0 Å². The second-order valence-electron chi connectivity index (χ2n) is 6.38. The molecule has 0 bridgehead atoms. The highest BCUT2D eigenvalue weighted by atomic mass is 16.3. The van der Waals surface area contributed by atoms with Gasteiger partial charge in [-0.1, -0.05) is 0 Å². The fourth-order valence-corrected chi connectivity index (χ4v) is 3.30. The van der Waals surface area contributed by atoms with E-state index in [0.717, 1.165) is 25.1 Å². The Labute approximate surface area is 117 Å². The minimum atomic E-state index is -0.468. The fourth-order valence-electron chi connectivity index (χ4n) is 3.30. The lowest BCUT2D eigenvalue weighted by molar-refractivity contribution is 0.0773. The summed E-state index contributed by atoms with van der Waals surface area (Å²) in [4.78, 5) is 14.1. The number of fused-ring (bicyclic) bond motifs is 1. The Morgan fingerprint density at radius 1 is 1.50 bits per heavy atom. The molecule has 3 fully saturated rings. The van der Waals surface area contributed by atoms with Crippen LogP contribution in [0, 0.1) is 5.92 Å². The van der Waals surface area contributed by atoms with Gasteiger partial charge in [-0.25, -0.2) is 9.48 Å². The number of carbonyl (C=O) groups is 1. The molecular weight excluding hydrogens is 256 g/mol. The molecule has 2 amide bonds. The predicted octanol–water partition coefficient (Wildman–Crippen LogP) is 1.60. The van der Waals surface area contributed by atoms with E-state index in [1.165, 1.54) is 6.42 Å². The van der Waals surface area contributed by atoms with Crippen molar-refractivity contribution in [3.63, 3.8) is 0 Å². The maximum Gasteiger partial charge on any atom is 0.323 e. The molecule has 2 heterocycles. The van der Waals surface area contributed by atoms with Gasteiger partial charge < -0.3 is 10.0 Å². The highest BCUT2D eigenvalue weighted by molar-refractivity contribution is 5.88. The van der Waals surface area contributed by atoms with Crippen molar-refractivity contribution in [1.29, 1.82) is 0 Å². The molecule has 1 aromatic rings. The molecule has 0 aromatic carbocycles. The van der Waals surface area contributed by atoms with Crippen molar-refractivity contribution >= 4 is 11.8 Å². The first-order valence-electron chi connectivity index (χ1n) is 7.47. The molecule has 108 valence electrons. The Morgan fingerprint density at radius 2 is 2.35 bits per heavy atom. The lowest BCUT2D eigenvalue weighted by Gasteiger charge is -2.30. The van der Waals surface area contributed by atoms with E-state index < -0.39 is 5.60 Å². The third-order valence-corrected chi connectivity index (χ3v) is 5.07. The highest BCUT2D eigenvalue weighted by Gasteiger charge is 2.56. The van der Waals surface area contributed by atoms with Crippen LogP contribution in [-0.2, 0) is 0 Å². The molecular formula is C14H20N4O2. The van der Waals surface area contributed by atoms with Crippen LogP contribution in [0.25, 0.3) is 0 Å². The van der Waals surface area contributed by atoms with Crippen LogP contribution in [0.4, 0.5) is 10.6 Å². The number of rotatable bonds is 2. The van der Waals surface area contributed by atoms with E-state index in [4.69, 9.17) is 0 Å². The first-order valence-corrected chi connectivity index (χ1v) is 7.47. The number of hydrogen-bond acceptors (Lipinski definition) is 3. The van der Waals surface area contributed by atoms with Gasteiger partial charge in [0.15, 0.2) is 0 Å². The van der Waals surface area contributed by atoms with E-state index in [9.17, 15) is 9.90 Å². The Balaban J connectivity index is 1.41. The van der Waals surface area contributed by atoms with E-state index in [0.29, 0.717) is 25.6 Å². The number of urea groups is 1. The van der Waals surface area contributed by atoms with E-state index in [1.54, 1.807) is 6.20 Å². The average Bonchev–Trinajstić information content (AvgIpc) is 2.85. The van der Waals surface area contributed by atoms with Crippen LogP contribution >= 0.6 is 0 Å². The smallest absolute Gasteiger partial charge is 0.323 e. The third-order valence-electron chi connectivity index (χ3n) is 5.07. The number of carbonyl (C=O) groups excluding carboxylic acids is 1. The zero-order valence-corrected chi connectivity index (χ0v) is 11.5. The largest absolute Gasteiger partial charge is 0.389 e. The van der Waals surface area contributed by atoms with Crippen molar-refractivity contribution in [3.05, 3.63) is 12.3 Å². The van der Waals surface area contributed by atoms with Gasteiger partial charge in [-0.15, -0.1) is 0 Å². The van der Waals surface area contributed by atoms with Gasteiger partial charge in [-0.2, -0.15) is 5.10 Å². The second kappa shape index (κ2) is 4.22. The number of aromatic nitrogens is 2. The van der Waals surface area contributed by atoms with Gasteiger partial charge in [0.05, 0.1) is 17.8 Å². The zero-order valence-electron chi connectivity index (χ0n) is 11.5. The third kappa shape index (κ3) is 1.90. The summed E-state index contributed by atoms with van der Waals surface area (Å²) in [6, 6.07) is 2.23. The normalized spacial score (nSPS) is 32.5. The zero-order chi connectivity index (χ0) is 13.7. The summed E-state index contributed by atoms with van der Waals surface area (Å²) in [6.45, 7) is 1.30. The van der Waals surface area contributed by atoms with Crippen molar-refractivity contribution in [2.45, 2.75) is 43.7 Å². The number of hydrogen-bond donors (Lipinski definition) is 2. The summed E-state index contributed by atoms with van der Waals surface area (Å²) in [5.41, 5.74) is -0.468. The van der Waals surface area contributed by atoms with Gasteiger partial charge in [0.2, 0.25) is 0 Å². The molecule has 2 saturated carbocycles. The van der Waals surface area contributed by atoms with Crippen molar-refractivity contribution in [1.82, 2.24) is 14.7 Å². The van der Waals surface area contributed by atoms with Gasteiger partial charge in [0.25, 0.3) is 0 Å². The van der Waals surface area contributed by atoms with E-state index in [1.807, 2.05) is 15.6 Å². The van der Waals surface area contributed by atoms with Crippen LogP contribution < -0.4 is 5.32 Å². The van der Waals surface area contributed by atoms with E-state index in [2.05, 4.69) is 10.4 Å². The van der Waals surface area contributed by atoms with Gasteiger partial charge in [0, 0.05) is 25.1 Å². The maximum atomic E-state index is 12.3. The number of anilines is 1. The van der Waals surface area contributed by atoms with Crippen molar-refractivity contribution < 1.29 is 9.90 Å². The van der Waals surface area contributed by atoms with Crippen molar-refractivity contribution in [2.75, 3.05) is 18.4 Å². The molecule has 1 aromatic heterocycles. The SMILES string of the molecule is O=C(Nc1ccnn1C1CCC1)N1CC[C@@]2(O)C[C@H]2C1. The topological polar surface area (TPSA) is 70.4 Å². The van der Waals surface area contributed by atoms with Gasteiger partial charge in [-0.3, -0.25) is 5.32 Å². The minimum Gasteiger partial charge on any atom is -0.389 e. The van der Waals surface area contributed by atoms with Crippen LogP contribution in [0.15, 0.2) is 12.3 Å². The molecule has 6 heteroatoms. The van der Waals surface area contributed by atoms with Crippen LogP contribution in [-0.4, -0.2) is 44.5 Å². The molecule has 3 aliphatic rings. The number of piperidine rings is 1. The highest BCUT2D eigenvalue weighted by Crippen LogP contribution is 2.49. The first-order chi connectivity index (χ1) is 9.66. The summed E-state index contributed by atoms with van der Waals surface area (Å²) >= 11 is 0. The molecule has 4 rings (SSSR count). The number of aliphatic hydroxyl groups is 1. The Hall–Kier alpha value is -1.56. The monoisotopic (exact) mass is 276 g/mol. The lowest BCUT2D eigenvalue weighted by Crippen LogP contribution is -2.43. The Morgan fingerprint density at radius 3 is 3.05 bits per heavy atom. The van der Waals surface area contributed by atoms with Crippen molar-refractivity contribution in [2.24, 2.45) is 5.92 Å². The molecule has 0 unspecified atom stereocenters. The number of likely N-dealkylation sites (tertiary alicyclic amines) is 1. The molecule has 2 N–H and O–H groups in total. The van der Waals surface area contributed by atoms with Crippen LogP contribution in [0.5, 0.6) is 0 Å². The van der Waals surface area contributed by atoms with Gasteiger partial charge in [-0.05, 0) is 32.1 Å². The number of nitrogens with zero attached hydrogens (tertiary/aromatic N) is 3. The minimum absolute atomic E-state index is 0.0694. The quantitative estimate of drug-likeness (QED) is 0.862. The molecule has 1 saturated heterocycles. The molecule has 0 radical (unpaired) electrons. The number of nitrogens with one attached hydrogen (secondary N) is 1. The summed E-state index contributed by atoms with van der Waals surface area (Å²) in [7, 11) is 0. The maximum absolute atomic E-state index is 12.3. The summed E-state index contributed by atoms with van der Waals surface area (Å²) in [6.07, 6.45) is 6.81. The second-order valence-corrected chi connectivity index (χ2v) is 6.38. The standard InChI is InChI=1S/C14H20N4O2/c19-13(17-7-5-14(20)8-10(14)9-17)16-12-4-6-15-18(12)11-2-1-3-11/h4,6,10-11,20H,1-3,5,7-9H2,(H,16,19)/t10-,14+/m0/s1. The summed E-state index contributed by atoms with van der Waals surface area (Å²) < 4.78 is 1.93. The van der Waals surface area contributed by atoms with Crippen LogP contribution in [0.1, 0.15) is 38.1 Å². The lowest BCUT2D eigenvalue weighted by atomic mass is 9.93. The first kappa shape index (κ1) is 12.2. The Kier molecular flexibility index (Phi) is 2.57. The fraction of sp³-hybridized carbons (Fsp3) is 0.714. The van der Waals surface area contributed by atoms with E-state index >= 15 is 0 Å². The predicted molar refractivity (Wildman–Crippen MR) is 73.4 cm³/mol. The Bertz CT molecular complexity index is 539.